The van der Waals surface area contributed by atoms with Gasteiger partial charge in [0, 0.05) is 0 Å². The Kier molecular flexibility index (Phi) is 5.97. The van der Waals surface area contributed by atoms with Crippen LogP contribution in [0.5, 0.6) is 0 Å². The van der Waals surface area contributed by atoms with Crippen molar-refractivity contribution >= 4 is 21.7 Å². The molecule has 0 amide bonds. The highest BCUT2D eigenvalue weighted by molar-refractivity contribution is 7.92. The zero-order valence-corrected chi connectivity index (χ0v) is 12.6. The zero-order valence-electron chi connectivity index (χ0n) is 11.8. The maximum atomic E-state index is 11.9. The number of hydrogen-bond donors (Lipinski definition) is 1. The summed E-state index contributed by atoms with van der Waals surface area (Å²) < 4.78 is 36.0. The Labute approximate surface area is 119 Å². The molecule has 0 bridgehead atoms. The molecule has 0 fully saturated rings. The van der Waals surface area contributed by atoms with E-state index in [2.05, 4.69) is 9.46 Å². The van der Waals surface area contributed by atoms with Gasteiger partial charge in [-0.3, -0.25) is 4.72 Å². The van der Waals surface area contributed by atoms with E-state index in [0.717, 1.165) is 0 Å². The number of esters is 1. The molecule has 0 radical (unpaired) electrons. The second-order valence-electron chi connectivity index (χ2n) is 4.38. The van der Waals surface area contributed by atoms with Gasteiger partial charge in [-0.15, -0.1) is 0 Å². The molecule has 0 spiro atoms. The third kappa shape index (κ3) is 5.18. The topological polar surface area (TPSA) is 81.7 Å². The van der Waals surface area contributed by atoms with E-state index < -0.39 is 16.0 Å². The quantitative estimate of drug-likeness (QED) is 0.774. The Morgan fingerprint density at radius 3 is 2.55 bits per heavy atom. The highest BCUT2D eigenvalue weighted by Gasteiger charge is 2.16. The Hall–Kier alpha value is -1.60. The van der Waals surface area contributed by atoms with Gasteiger partial charge in [0.25, 0.3) is 0 Å². The summed E-state index contributed by atoms with van der Waals surface area (Å²) in [6, 6.07) is 6.27. The molecule has 0 saturated carbocycles. The normalized spacial score (nSPS) is 11.4. The highest BCUT2D eigenvalue weighted by Crippen LogP contribution is 2.17. The molecule has 1 aromatic rings. The lowest BCUT2D eigenvalue weighted by Gasteiger charge is -2.12. The average Bonchev–Trinajstić information content (AvgIpc) is 2.37. The van der Waals surface area contributed by atoms with Crippen LogP contribution in [0, 0.1) is 0 Å². The summed E-state index contributed by atoms with van der Waals surface area (Å²) in [4.78, 5) is 11.5. The van der Waals surface area contributed by atoms with Crippen molar-refractivity contribution in [1.82, 2.24) is 0 Å². The minimum Gasteiger partial charge on any atom is -0.465 e. The number of carbonyl (C=O) groups is 1. The molecule has 20 heavy (non-hydrogen) atoms. The molecular formula is C13H19NO5S. The Bertz CT molecular complexity index is 554. The molecule has 0 aliphatic heterocycles. The standard InChI is InChI=1S/C13H19NO5S/c1-10(2)19-8-9-20(16,17)14-12-7-5-4-6-11(12)13(15)18-3/h4-7,10,14H,8-9H2,1-3H3. The smallest absolute Gasteiger partial charge is 0.339 e. The maximum Gasteiger partial charge on any atom is 0.339 e. The summed E-state index contributed by atoms with van der Waals surface area (Å²) in [6.07, 6.45) is -0.0347. The number of hydrogen-bond acceptors (Lipinski definition) is 5. The third-order valence-corrected chi connectivity index (χ3v) is 3.64. The van der Waals surface area contributed by atoms with Gasteiger partial charge in [0.05, 0.1) is 36.8 Å². The number of nitrogens with one attached hydrogen (secondary N) is 1. The molecule has 1 aromatic carbocycles. The van der Waals surface area contributed by atoms with Gasteiger partial charge in [-0.25, -0.2) is 13.2 Å². The van der Waals surface area contributed by atoms with E-state index in [4.69, 9.17) is 4.74 Å². The predicted octanol–water partition coefficient (Wildman–Crippen LogP) is 1.64. The zero-order chi connectivity index (χ0) is 15.2. The number of rotatable bonds is 7. The van der Waals surface area contributed by atoms with Crippen molar-refractivity contribution in [3.8, 4) is 0 Å². The third-order valence-electron chi connectivity index (χ3n) is 2.40. The maximum absolute atomic E-state index is 11.9. The molecule has 7 heteroatoms. The van der Waals surface area contributed by atoms with E-state index in [1.807, 2.05) is 13.8 Å². The van der Waals surface area contributed by atoms with Crippen molar-refractivity contribution < 1.29 is 22.7 Å². The number of carbonyl (C=O) groups excluding carboxylic acids is 1. The van der Waals surface area contributed by atoms with Crippen LogP contribution in [0.4, 0.5) is 5.69 Å². The molecule has 0 aromatic heterocycles. The Morgan fingerprint density at radius 1 is 1.30 bits per heavy atom. The Balaban J connectivity index is 2.79. The van der Waals surface area contributed by atoms with Crippen molar-refractivity contribution in [3.63, 3.8) is 0 Å². The summed E-state index contributed by atoms with van der Waals surface area (Å²) in [7, 11) is -2.34. The molecule has 0 aliphatic carbocycles. The first kappa shape index (κ1) is 16.5. The van der Waals surface area contributed by atoms with Crippen molar-refractivity contribution in [3.05, 3.63) is 29.8 Å². The van der Waals surface area contributed by atoms with Gasteiger partial charge in [-0.1, -0.05) is 12.1 Å². The van der Waals surface area contributed by atoms with Crippen LogP contribution in [0.1, 0.15) is 24.2 Å². The van der Waals surface area contributed by atoms with Gasteiger partial charge in [-0.05, 0) is 26.0 Å². The van der Waals surface area contributed by atoms with E-state index in [0.29, 0.717) is 0 Å². The van der Waals surface area contributed by atoms with Crippen LogP contribution in [-0.4, -0.2) is 40.0 Å². The number of para-hydroxylation sites is 1. The summed E-state index contributed by atoms with van der Waals surface area (Å²) in [5.41, 5.74) is 0.368. The molecule has 0 saturated heterocycles. The largest absolute Gasteiger partial charge is 0.465 e. The molecule has 6 nitrogen and oxygen atoms in total. The summed E-state index contributed by atoms with van der Waals surface area (Å²) in [6.45, 7) is 3.74. The number of anilines is 1. The van der Waals surface area contributed by atoms with Gasteiger partial charge in [-0.2, -0.15) is 0 Å². The molecule has 1 N–H and O–H groups in total. The van der Waals surface area contributed by atoms with Gasteiger partial charge in [0.2, 0.25) is 10.0 Å². The van der Waals surface area contributed by atoms with Crippen molar-refractivity contribution in [1.29, 1.82) is 0 Å². The summed E-state index contributed by atoms with van der Waals surface area (Å²) in [5.74, 6) is -0.775. The van der Waals surface area contributed by atoms with E-state index in [-0.39, 0.29) is 29.7 Å². The number of sulfonamides is 1. The minimum absolute atomic E-state index is 0.0347. The molecular weight excluding hydrogens is 282 g/mol. The van der Waals surface area contributed by atoms with E-state index >= 15 is 0 Å². The average molecular weight is 301 g/mol. The lowest BCUT2D eigenvalue weighted by Crippen LogP contribution is -2.22. The first-order valence-corrected chi connectivity index (χ1v) is 7.80. The van der Waals surface area contributed by atoms with E-state index in [1.54, 1.807) is 12.1 Å². The fraction of sp³-hybridized carbons (Fsp3) is 0.462. The lowest BCUT2D eigenvalue weighted by atomic mass is 10.2. The van der Waals surface area contributed by atoms with Crippen LogP contribution in [0.2, 0.25) is 0 Å². The van der Waals surface area contributed by atoms with Crippen LogP contribution in [-0.2, 0) is 19.5 Å². The minimum atomic E-state index is -3.58. The van der Waals surface area contributed by atoms with Crippen LogP contribution in [0.25, 0.3) is 0 Å². The molecule has 0 heterocycles. The number of methoxy groups -OCH3 is 1. The second-order valence-corrected chi connectivity index (χ2v) is 6.22. The SMILES string of the molecule is COC(=O)c1ccccc1NS(=O)(=O)CCOC(C)C. The second kappa shape index (κ2) is 7.25. The number of ether oxygens (including phenoxy) is 2. The Morgan fingerprint density at radius 2 is 1.95 bits per heavy atom. The lowest BCUT2D eigenvalue weighted by molar-refractivity contribution is 0.0602. The van der Waals surface area contributed by atoms with Crippen LogP contribution < -0.4 is 4.72 Å². The molecule has 0 unspecified atom stereocenters. The summed E-state index contributed by atoms with van der Waals surface area (Å²) in [5, 5.41) is 0. The molecule has 112 valence electrons. The molecule has 0 atom stereocenters. The van der Waals surface area contributed by atoms with Gasteiger partial charge in [0.1, 0.15) is 0 Å². The van der Waals surface area contributed by atoms with Gasteiger partial charge in [0.15, 0.2) is 0 Å². The van der Waals surface area contributed by atoms with E-state index in [9.17, 15) is 13.2 Å². The van der Waals surface area contributed by atoms with E-state index in [1.165, 1.54) is 19.2 Å². The van der Waals surface area contributed by atoms with Crippen LogP contribution >= 0.6 is 0 Å². The number of benzene rings is 1. The van der Waals surface area contributed by atoms with Gasteiger partial charge < -0.3 is 9.47 Å². The monoisotopic (exact) mass is 301 g/mol. The predicted molar refractivity (Wildman–Crippen MR) is 76.3 cm³/mol. The first-order valence-electron chi connectivity index (χ1n) is 6.15. The fourth-order valence-electron chi connectivity index (χ4n) is 1.47. The van der Waals surface area contributed by atoms with Crippen molar-refractivity contribution in [2.75, 3.05) is 24.2 Å². The van der Waals surface area contributed by atoms with Crippen molar-refractivity contribution in [2.45, 2.75) is 20.0 Å². The summed E-state index contributed by atoms with van der Waals surface area (Å²) >= 11 is 0. The van der Waals surface area contributed by atoms with Crippen LogP contribution in [0.3, 0.4) is 0 Å². The highest BCUT2D eigenvalue weighted by atomic mass is 32.2. The van der Waals surface area contributed by atoms with Crippen molar-refractivity contribution in [2.24, 2.45) is 0 Å². The molecule has 0 aliphatic rings. The molecule has 1 rings (SSSR count). The fourth-order valence-corrected chi connectivity index (χ4v) is 2.40. The van der Waals surface area contributed by atoms with Gasteiger partial charge >= 0.3 is 5.97 Å². The van der Waals surface area contributed by atoms with Crippen LogP contribution in [0.15, 0.2) is 24.3 Å². The first-order chi connectivity index (χ1) is 9.35.